The molecule has 3 aromatic rings. The number of anilines is 1. The summed E-state index contributed by atoms with van der Waals surface area (Å²) in [5.74, 6) is 0.668. The van der Waals surface area contributed by atoms with Crippen molar-refractivity contribution in [1.29, 1.82) is 0 Å². The minimum absolute atomic E-state index is 0.0949. The van der Waals surface area contributed by atoms with E-state index in [1.165, 1.54) is 4.31 Å². The fourth-order valence-electron chi connectivity index (χ4n) is 4.06. The molecule has 1 aliphatic heterocycles. The molecule has 1 aliphatic rings. The first-order chi connectivity index (χ1) is 15.8. The SMILES string of the molecule is CC[C@H]1COCCN1c1cc(CS(=O)(=O)N(C)C)cc(-c2ccc3[nH]c(CNC)cc3n2)n1. The van der Waals surface area contributed by atoms with Gasteiger partial charge in [0, 0.05) is 32.9 Å². The van der Waals surface area contributed by atoms with Crippen LogP contribution in [0.4, 0.5) is 5.82 Å². The fraction of sp³-hybridized carbons (Fsp3) is 0.478. The molecule has 1 fully saturated rings. The second-order valence-electron chi connectivity index (χ2n) is 8.54. The third-order valence-corrected chi connectivity index (χ3v) is 7.74. The average Bonchev–Trinajstić information content (AvgIpc) is 3.20. The quantitative estimate of drug-likeness (QED) is 0.519. The van der Waals surface area contributed by atoms with E-state index < -0.39 is 10.0 Å². The van der Waals surface area contributed by atoms with Crippen LogP contribution in [0.25, 0.3) is 22.4 Å². The number of nitrogens with one attached hydrogen (secondary N) is 2. The van der Waals surface area contributed by atoms with Gasteiger partial charge in [-0.1, -0.05) is 6.92 Å². The van der Waals surface area contributed by atoms with Gasteiger partial charge in [-0.15, -0.1) is 0 Å². The molecule has 0 unspecified atom stereocenters. The molecular formula is C23H32N6O3S. The molecule has 0 saturated carbocycles. The molecule has 33 heavy (non-hydrogen) atoms. The van der Waals surface area contributed by atoms with Crippen LogP contribution in [-0.2, 0) is 27.1 Å². The second kappa shape index (κ2) is 9.76. The van der Waals surface area contributed by atoms with Crippen molar-refractivity contribution in [3.63, 3.8) is 0 Å². The zero-order valence-corrected chi connectivity index (χ0v) is 20.4. The first-order valence-corrected chi connectivity index (χ1v) is 12.8. The van der Waals surface area contributed by atoms with Crippen LogP contribution in [0.1, 0.15) is 24.6 Å². The van der Waals surface area contributed by atoms with E-state index in [0.29, 0.717) is 36.7 Å². The topological polar surface area (TPSA) is 103 Å². The summed E-state index contributed by atoms with van der Waals surface area (Å²) in [5.41, 5.74) is 4.92. The van der Waals surface area contributed by atoms with Gasteiger partial charge in [0.1, 0.15) is 5.82 Å². The maximum Gasteiger partial charge on any atom is 0.217 e. The summed E-state index contributed by atoms with van der Waals surface area (Å²) in [4.78, 5) is 15.3. The monoisotopic (exact) mass is 472 g/mol. The van der Waals surface area contributed by atoms with Crippen molar-refractivity contribution in [3.05, 3.63) is 41.6 Å². The van der Waals surface area contributed by atoms with E-state index in [9.17, 15) is 8.42 Å². The highest BCUT2D eigenvalue weighted by Gasteiger charge is 2.25. The van der Waals surface area contributed by atoms with E-state index in [1.54, 1.807) is 14.1 Å². The molecular weight excluding hydrogens is 440 g/mol. The van der Waals surface area contributed by atoms with Gasteiger partial charge in [-0.05, 0) is 49.4 Å². The van der Waals surface area contributed by atoms with Crippen LogP contribution in [0.15, 0.2) is 30.3 Å². The number of pyridine rings is 2. The lowest BCUT2D eigenvalue weighted by atomic mass is 10.1. The van der Waals surface area contributed by atoms with Crippen LogP contribution < -0.4 is 10.2 Å². The maximum atomic E-state index is 12.6. The third kappa shape index (κ3) is 5.19. The molecule has 0 aromatic carbocycles. The van der Waals surface area contributed by atoms with E-state index in [1.807, 2.05) is 37.4 Å². The lowest BCUT2D eigenvalue weighted by molar-refractivity contribution is 0.0926. The third-order valence-electron chi connectivity index (χ3n) is 5.93. The standard InChI is InChI=1S/C23H32N6O3S/c1-5-18-14-32-9-8-29(18)23-11-16(15-33(30,31)28(3)4)10-21(27-23)20-7-6-19-22(26-20)12-17(25-19)13-24-2/h6-7,10-12,18,24-25H,5,8-9,13-15H2,1-4H3/t18-/m0/s1. The number of ether oxygens (including phenoxy) is 1. The number of sulfonamides is 1. The summed E-state index contributed by atoms with van der Waals surface area (Å²) in [6.45, 7) is 4.82. The Hall–Kier alpha value is -2.53. The number of nitrogens with zero attached hydrogens (tertiary/aromatic N) is 4. The Labute approximate surface area is 195 Å². The lowest BCUT2D eigenvalue weighted by Crippen LogP contribution is -2.45. The number of fused-ring (bicyclic) bond motifs is 1. The Kier molecular flexibility index (Phi) is 6.99. The molecule has 1 atom stereocenters. The van der Waals surface area contributed by atoms with Gasteiger partial charge in [0.05, 0.1) is 47.4 Å². The molecule has 10 heteroatoms. The number of rotatable bonds is 8. The maximum absolute atomic E-state index is 12.6. The zero-order valence-electron chi connectivity index (χ0n) is 19.6. The zero-order chi connectivity index (χ0) is 23.6. The number of H-pyrrole nitrogens is 1. The van der Waals surface area contributed by atoms with E-state index in [2.05, 4.69) is 22.1 Å². The van der Waals surface area contributed by atoms with E-state index in [0.717, 1.165) is 35.5 Å². The Balaban J connectivity index is 1.79. The average molecular weight is 473 g/mol. The summed E-state index contributed by atoms with van der Waals surface area (Å²) < 4.78 is 32.2. The van der Waals surface area contributed by atoms with Crippen molar-refractivity contribution in [2.45, 2.75) is 31.7 Å². The summed E-state index contributed by atoms with van der Waals surface area (Å²) >= 11 is 0. The smallest absolute Gasteiger partial charge is 0.217 e. The minimum atomic E-state index is -3.42. The number of aromatic nitrogens is 3. The minimum Gasteiger partial charge on any atom is -0.377 e. The second-order valence-corrected chi connectivity index (χ2v) is 10.7. The molecule has 0 amide bonds. The number of aromatic amines is 1. The van der Waals surface area contributed by atoms with Crippen LogP contribution in [0.2, 0.25) is 0 Å². The van der Waals surface area contributed by atoms with Crippen molar-refractivity contribution >= 4 is 26.9 Å². The molecule has 1 saturated heterocycles. The highest BCUT2D eigenvalue weighted by molar-refractivity contribution is 7.88. The number of hydrogen-bond donors (Lipinski definition) is 2. The van der Waals surface area contributed by atoms with Crippen molar-refractivity contribution in [1.82, 2.24) is 24.6 Å². The van der Waals surface area contributed by atoms with Crippen LogP contribution in [0.5, 0.6) is 0 Å². The predicted octanol–water partition coefficient (Wildman–Crippen LogP) is 2.35. The fourth-order valence-corrected chi connectivity index (χ4v) is 4.91. The van der Waals surface area contributed by atoms with Gasteiger partial charge < -0.3 is 19.9 Å². The highest BCUT2D eigenvalue weighted by atomic mass is 32.2. The van der Waals surface area contributed by atoms with E-state index in [4.69, 9.17) is 14.7 Å². The summed E-state index contributed by atoms with van der Waals surface area (Å²) in [7, 11) is 1.58. The molecule has 4 heterocycles. The number of morpholine rings is 1. The van der Waals surface area contributed by atoms with Crippen LogP contribution in [0, 0.1) is 0 Å². The van der Waals surface area contributed by atoms with E-state index in [-0.39, 0.29) is 11.8 Å². The molecule has 2 N–H and O–H groups in total. The van der Waals surface area contributed by atoms with Gasteiger partial charge in [0.25, 0.3) is 0 Å². The molecule has 0 radical (unpaired) electrons. The van der Waals surface area contributed by atoms with Crippen LogP contribution in [0.3, 0.4) is 0 Å². The molecule has 0 bridgehead atoms. The Morgan fingerprint density at radius 3 is 2.76 bits per heavy atom. The predicted molar refractivity (Wildman–Crippen MR) is 131 cm³/mol. The molecule has 0 aliphatic carbocycles. The lowest BCUT2D eigenvalue weighted by Gasteiger charge is -2.36. The summed E-state index contributed by atoms with van der Waals surface area (Å²) in [5, 5.41) is 3.13. The molecule has 4 rings (SSSR count). The van der Waals surface area contributed by atoms with Gasteiger partial charge in [0.15, 0.2) is 0 Å². The van der Waals surface area contributed by atoms with Crippen molar-refractivity contribution in [3.8, 4) is 11.4 Å². The molecule has 3 aromatic heterocycles. The van der Waals surface area contributed by atoms with Crippen molar-refractivity contribution in [2.75, 3.05) is 45.8 Å². The van der Waals surface area contributed by atoms with Gasteiger partial charge in [0.2, 0.25) is 10.0 Å². The van der Waals surface area contributed by atoms with Gasteiger partial charge in [-0.3, -0.25) is 0 Å². The Morgan fingerprint density at radius 1 is 1.21 bits per heavy atom. The summed E-state index contributed by atoms with van der Waals surface area (Å²) in [6, 6.07) is 9.86. The Morgan fingerprint density at radius 2 is 2.03 bits per heavy atom. The molecule has 9 nitrogen and oxygen atoms in total. The summed E-state index contributed by atoms with van der Waals surface area (Å²) in [6.07, 6.45) is 0.916. The van der Waals surface area contributed by atoms with Crippen LogP contribution >= 0.6 is 0 Å². The first-order valence-electron chi connectivity index (χ1n) is 11.2. The number of hydrogen-bond acceptors (Lipinski definition) is 7. The van der Waals surface area contributed by atoms with Gasteiger partial charge in [-0.25, -0.2) is 22.7 Å². The van der Waals surface area contributed by atoms with Crippen molar-refractivity contribution in [2.24, 2.45) is 0 Å². The highest BCUT2D eigenvalue weighted by Crippen LogP contribution is 2.28. The molecule has 178 valence electrons. The largest absolute Gasteiger partial charge is 0.377 e. The molecule has 0 spiro atoms. The van der Waals surface area contributed by atoms with Gasteiger partial charge in [-0.2, -0.15) is 0 Å². The van der Waals surface area contributed by atoms with Crippen LogP contribution in [-0.4, -0.2) is 74.6 Å². The van der Waals surface area contributed by atoms with Gasteiger partial charge >= 0.3 is 0 Å². The first kappa shape index (κ1) is 23.6. The van der Waals surface area contributed by atoms with E-state index >= 15 is 0 Å². The normalized spacial score (nSPS) is 17.2. The van der Waals surface area contributed by atoms with Crippen molar-refractivity contribution < 1.29 is 13.2 Å². The Bertz CT molecular complexity index is 1220.